The number of nitrogens with one attached hydrogen (secondary N) is 2. The Kier molecular flexibility index (Phi) is 3.56. The molecule has 0 atom stereocenters. The van der Waals surface area contributed by atoms with Crippen molar-refractivity contribution >= 4 is 5.82 Å². The van der Waals surface area contributed by atoms with E-state index in [9.17, 15) is 4.79 Å². The number of aromatic amines is 1. The first kappa shape index (κ1) is 11.1. The molecule has 4 N–H and O–H groups in total. The third kappa shape index (κ3) is 3.06. The minimum Gasteiger partial charge on any atom is -0.370 e. The van der Waals surface area contributed by atoms with E-state index < -0.39 is 0 Å². The highest BCUT2D eigenvalue weighted by Crippen LogP contribution is 2.37. The van der Waals surface area contributed by atoms with Crippen LogP contribution >= 0.6 is 0 Å². The molecule has 1 aliphatic carbocycles. The molecule has 0 aliphatic heterocycles. The Balaban J connectivity index is 1.94. The molecule has 1 saturated carbocycles. The second-order valence-corrected chi connectivity index (χ2v) is 4.21. The summed E-state index contributed by atoms with van der Waals surface area (Å²) in [4.78, 5) is 18.6. The standard InChI is InChI=1S/C11H18N4O/c12-5-1-2-6-13-9-7-10(16)15-11(14-9)8-3-4-8/h7-8H,1-6,12H2,(H2,13,14,15,16). The Labute approximate surface area is 94.5 Å². The number of rotatable bonds is 6. The van der Waals surface area contributed by atoms with Crippen LogP contribution in [-0.4, -0.2) is 23.1 Å². The van der Waals surface area contributed by atoms with Crippen molar-refractivity contribution in [2.75, 3.05) is 18.4 Å². The second-order valence-electron chi connectivity index (χ2n) is 4.21. The van der Waals surface area contributed by atoms with E-state index in [1.54, 1.807) is 0 Å². The third-order valence-corrected chi connectivity index (χ3v) is 2.66. The topological polar surface area (TPSA) is 83.8 Å². The molecular formula is C11H18N4O. The molecule has 0 unspecified atom stereocenters. The van der Waals surface area contributed by atoms with E-state index in [-0.39, 0.29) is 5.56 Å². The predicted octanol–water partition coefficient (Wildman–Crippen LogP) is 0.798. The first-order valence-electron chi connectivity index (χ1n) is 5.85. The number of unbranched alkanes of at least 4 members (excludes halogenated alkanes) is 1. The lowest BCUT2D eigenvalue weighted by molar-refractivity contribution is 0.770. The fraction of sp³-hybridized carbons (Fsp3) is 0.636. The molecule has 1 heterocycles. The molecule has 16 heavy (non-hydrogen) atoms. The molecule has 0 aromatic carbocycles. The first-order chi connectivity index (χ1) is 7.79. The normalized spacial score (nSPS) is 15.1. The molecule has 0 amide bonds. The number of anilines is 1. The van der Waals surface area contributed by atoms with E-state index in [1.165, 1.54) is 6.07 Å². The second kappa shape index (κ2) is 5.12. The van der Waals surface area contributed by atoms with E-state index in [0.29, 0.717) is 18.3 Å². The van der Waals surface area contributed by atoms with E-state index in [4.69, 9.17) is 5.73 Å². The number of aromatic nitrogens is 2. The molecule has 0 saturated heterocycles. The van der Waals surface area contributed by atoms with Crippen LogP contribution < -0.4 is 16.6 Å². The number of nitrogens with two attached hydrogens (primary N) is 1. The fourth-order valence-corrected chi connectivity index (χ4v) is 1.60. The van der Waals surface area contributed by atoms with E-state index in [1.807, 2.05) is 0 Å². The van der Waals surface area contributed by atoms with Crippen LogP contribution in [0, 0.1) is 0 Å². The van der Waals surface area contributed by atoms with Crippen molar-refractivity contribution in [3.8, 4) is 0 Å². The monoisotopic (exact) mass is 222 g/mol. The van der Waals surface area contributed by atoms with Crippen LogP contribution in [0.3, 0.4) is 0 Å². The van der Waals surface area contributed by atoms with Gasteiger partial charge >= 0.3 is 0 Å². The van der Waals surface area contributed by atoms with Crippen LogP contribution in [0.15, 0.2) is 10.9 Å². The lowest BCUT2D eigenvalue weighted by Gasteiger charge is -2.06. The largest absolute Gasteiger partial charge is 0.370 e. The van der Waals surface area contributed by atoms with Gasteiger partial charge in [-0.2, -0.15) is 0 Å². The van der Waals surface area contributed by atoms with Crippen molar-refractivity contribution in [1.82, 2.24) is 9.97 Å². The molecule has 0 spiro atoms. The van der Waals surface area contributed by atoms with Gasteiger partial charge in [0.1, 0.15) is 11.6 Å². The molecule has 88 valence electrons. The van der Waals surface area contributed by atoms with Gasteiger partial charge in [-0.1, -0.05) is 0 Å². The Morgan fingerprint density at radius 1 is 1.50 bits per heavy atom. The average molecular weight is 222 g/mol. The van der Waals surface area contributed by atoms with Gasteiger partial charge in [0, 0.05) is 18.5 Å². The maximum atomic E-state index is 11.4. The maximum Gasteiger partial charge on any atom is 0.252 e. The summed E-state index contributed by atoms with van der Waals surface area (Å²) in [5.41, 5.74) is 5.33. The molecule has 1 fully saturated rings. The molecule has 5 heteroatoms. The zero-order chi connectivity index (χ0) is 11.4. The number of nitrogens with zero attached hydrogens (tertiary/aromatic N) is 1. The quantitative estimate of drug-likeness (QED) is 0.622. The summed E-state index contributed by atoms with van der Waals surface area (Å²) in [6.07, 6.45) is 4.27. The van der Waals surface area contributed by atoms with Crippen molar-refractivity contribution in [3.63, 3.8) is 0 Å². The van der Waals surface area contributed by atoms with Gasteiger partial charge in [-0.15, -0.1) is 0 Å². The fourth-order valence-electron chi connectivity index (χ4n) is 1.60. The summed E-state index contributed by atoms with van der Waals surface area (Å²) in [7, 11) is 0. The molecule has 5 nitrogen and oxygen atoms in total. The Morgan fingerprint density at radius 3 is 3.00 bits per heavy atom. The molecular weight excluding hydrogens is 204 g/mol. The predicted molar refractivity (Wildman–Crippen MR) is 63.6 cm³/mol. The average Bonchev–Trinajstić information content (AvgIpc) is 3.07. The molecule has 0 radical (unpaired) electrons. The smallest absolute Gasteiger partial charge is 0.252 e. The first-order valence-corrected chi connectivity index (χ1v) is 5.85. The minimum atomic E-state index is -0.0711. The van der Waals surface area contributed by atoms with Gasteiger partial charge in [-0.3, -0.25) is 4.79 Å². The Morgan fingerprint density at radius 2 is 2.31 bits per heavy atom. The number of hydrogen-bond donors (Lipinski definition) is 3. The van der Waals surface area contributed by atoms with Crippen LogP contribution in [0.4, 0.5) is 5.82 Å². The summed E-state index contributed by atoms with van der Waals surface area (Å²) in [5.74, 6) is 1.98. The number of hydrogen-bond acceptors (Lipinski definition) is 4. The van der Waals surface area contributed by atoms with Gasteiger partial charge in [-0.25, -0.2) is 4.98 Å². The third-order valence-electron chi connectivity index (χ3n) is 2.66. The highest BCUT2D eigenvalue weighted by molar-refractivity contribution is 5.33. The summed E-state index contributed by atoms with van der Waals surface area (Å²) in [6.45, 7) is 1.52. The highest BCUT2D eigenvalue weighted by Gasteiger charge is 2.26. The molecule has 1 aromatic rings. The van der Waals surface area contributed by atoms with Gasteiger partial charge < -0.3 is 16.0 Å². The van der Waals surface area contributed by atoms with E-state index in [0.717, 1.165) is 38.1 Å². The maximum absolute atomic E-state index is 11.4. The van der Waals surface area contributed by atoms with Crippen molar-refractivity contribution in [2.45, 2.75) is 31.6 Å². The van der Waals surface area contributed by atoms with Gasteiger partial charge in [0.25, 0.3) is 5.56 Å². The Hall–Kier alpha value is -1.36. The van der Waals surface area contributed by atoms with Gasteiger partial charge in [0.15, 0.2) is 0 Å². The van der Waals surface area contributed by atoms with Gasteiger partial charge in [0.05, 0.1) is 0 Å². The SMILES string of the molecule is NCCCCNc1cc(=O)[nH]c(C2CC2)n1. The summed E-state index contributed by atoms with van der Waals surface area (Å²) in [6, 6.07) is 1.51. The molecule has 2 rings (SSSR count). The summed E-state index contributed by atoms with van der Waals surface area (Å²) in [5, 5.41) is 3.16. The van der Waals surface area contributed by atoms with E-state index >= 15 is 0 Å². The van der Waals surface area contributed by atoms with Crippen LogP contribution in [0.25, 0.3) is 0 Å². The van der Waals surface area contributed by atoms with Crippen molar-refractivity contribution in [3.05, 3.63) is 22.2 Å². The zero-order valence-corrected chi connectivity index (χ0v) is 9.33. The van der Waals surface area contributed by atoms with Gasteiger partial charge in [-0.05, 0) is 32.2 Å². The van der Waals surface area contributed by atoms with Crippen LogP contribution in [0.2, 0.25) is 0 Å². The van der Waals surface area contributed by atoms with Crippen molar-refractivity contribution in [1.29, 1.82) is 0 Å². The lowest BCUT2D eigenvalue weighted by Crippen LogP contribution is -2.14. The van der Waals surface area contributed by atoms with Crippen molar-refractivity contribution in [2.24, 2.45) is 5.73 Å². The molecule has 1 aliphatic rings. The molecule has 0 bridgehead atoms. The summed E-state index contributed by atoms with van der Waals surface area (Å²) < 4.78 is 0. The Bertz CT molecular complexity index is 397. The van der Waals surface area contributed by atoms with Crippen molar-refractivity contribution < 1.29 is 0 Å². The molecule has 1 aromatic heterocycles. The summed E-state index contributed by atoms with van der Waals surface area (Å²) >= 11 is 0. The zero-order valence-electron chi connectivity index (χ0n) is 9.33. The van der Waals surface area contributed by atoms with E-state index in [2.05, 4.69) is 15.3 Å². The highest BCUT2D eigenvalue weighted by atomic mass is 16.1. The van der Waals surface area contributed by atoms with Crippen LogP contribution in [-0.2, 0) is 0 Å². The van der Waals surface area contributed by atoms with Crippen LogP contribution in [0.5, 0.6) is 0 Å². The van der Waals surface area contributed by atoms with Gasteiger partial charge in [0.2, 0.25) is 0 Å². The minimum absolute atomic E-state index is 0.0711. The van der Waals surface area contributed by atoms with Crippen LogP contribution in [0.1, 0.15) is 37.4 Å². The number of H-pyrrole nitrogens is 1. The lowest BCUT2D eigenvalue weighted by atomic mass is 10.3.